The molecule has 7 heteroatoms. The van der Waals surface area contributed by atoms with Crippen LogP contribution in [-0.4, -0.2) is 30.3 Å². The molecule has 1 aromatic carbocycles. The first kappa shape index (κ1) is 21.8. The number of carbonyl (C=O) groups is 2. The van der Waals surface area contributed by atoms with E-state index in [2.05, 4.69) is 11.4 Å². The van der Waals surface area contributed by atoms with Gasteiger partial charge in [-0.3, -0.25) is 4.79 Å². The third-order valence-corrected chi connectivity index (χ3v) is 5.32. The van der Waals surface area contributed by atoms with Crippen LogP contribution in [0, 0.1) is 18.3 Å². The zero-order chi connectivity index (χ0) is 21.9. The van der Waals surface area contributed by atoms with Gasteiger partial charge in [0.1, 0.15) is 16.9 Å². The Morgan fingerprint density at radius 2 is 2.00 bits per heavy atom. The molecule has 1 unspecified atom stereocenters. The summed E-state index contributed by atoms with van der Waals surface area (Å²) in [7, 11) is 0. The number of hydrogen-bond acceptors (Lipinski definition) is 6. The zero-order valence-corrected chi connectivity index (χ0v) is 17.9. The van der Waals surface area contributed by atoms with Gasteiger partial charge in [-0.2, -0.15) is 5.26 Å². The number of furan rings is 1. The predicted molar refractivity (Wildman–Crippen MR) is 111 cm³/mol. The number of hydrogen-bond donors (Lipinski definition) is 1. The number of rotatable bonds is 6. The van der Waals surface area contributed by atoms with E-state index in [9.17, 15) is 9.59 Å². The van der Waals surface area contributed by atoms with Crippen molar-refractivity contribution in [2.24, 2.45) is 0 Å². The largest absolute Gasteiger partial charge is 0.460 e. The summed E-state index contributed by atoms with van der Waals surface area (Å²) in [6.07, 6.45) is 2.36. The third kappa shape index (κ3) is 5.00. The van der Waals surface area contributed by atoms with Gasteiger partial charge in [0.15, 0.2) is 0 Å². The molecule has 0 spiro atoms. The Hall–Kier alpha value is -2.85. The minimum Gasteiger partial charge on any atom is -0.460 e. The molecule has 160 valence electrons. The molecule has 0 aliphatic heterocycles. The van der Waals surface area contributed by atoms with Crippen molar-refractivity contribution in [1.29, 1.82) is 5.26 Å². The van der Waals surface area contributed by atoms with E-state index in [0.717, 1.165) is 48.0 Å². The van der Waals surface area contributed by atoms with Gasteiger partial charge in [0.2, 0.25) is 12.6 Å². The second-order valence-electron chi connectivity index (χ2n) is 8.72. The maximum absolute atomic E-state index is 12.3. The molecule has 1 aromatic heterocycles. The van der Waals surface area contributed by atoms with Crippen LogP contribution in [0.3, 0.4) is 0 Å². The monoisotopic (exact) mass is 412 g/mol. The molecule has 1 saturated carbocycles. The molecule has 1 fully saturated rings. The van der Waals surface area contributed by atoms with Crippen molar-refractivity contribution in [2.45, 2.75) is 77.2 Å². The average Bonchev–Trinajstić information content (AvgIpc) is 3.03. The molecule has 0 radical (unpaired) electrons. The molecular formula is C23H28N2O5. The summed E-state index contributed by atoms with van der Waals surface area (Å²) < 4.78 is 17.3. The number of ether oxygens (including phenoxy) is 2. The summed E-state index contributed by atoms with van der Waals surface area (Å²) in [5.41, 5.74) is 1.82. The summed E-state index contributed by atoms with van der Waals surface area (Å²) in [5, 5.41) is 12.5. The number of fused-ring (bicyclic) bond motifs is 1. The minimum absolute atomic E-state index is 0.152. The van der Waals surface area contributed by atoms with E-state index in [1.165, 1.54) is 0 Å². The van der Waals surface area contributed by atoms with E-state index in [-0.39, 0.29) is 12.0 Å². The highest BCUT2D eigenvalue weighted by Crippen LogP contribution is 2.39. The first-order valence-electron chi connectivity index (χ1n) is 10.2. The Bertz CT molecular complexity index is 958. The number of benzene rings is 1. The molecule has 1 aliphatic carbocycles. The van der Waals surface area contributed by atoms with Gasteiger partial charge in [0, 0.05) is 11.3 Å². The molecule has 0 bridgehead atoms. The molecule has 1 heterocycles. The number of amides is 1. The quantitative estimate of drug-likeness (QED) is 0.436. The van der Waals surface area contributed by atoms with Crippen LogP contribution in [-0.2, 0) is 19.1 Å². The number of esters is 1. The Balaban J connectivity index is 1.65. The SMILES string of the molecule is Cc1c(C2CCC(OC(NC=O)C(=O)OC(C)(C)C)CC2)oc2ccc(C#N)cc12. The van der Waals surface area contributed by atoms with Crippen LogP contribution < -0.4 is 5.32 Å². The number of nitrogens with zero attached hydrogens (tertiary/aromatic N) is 1. The molecule has 3 rings (SSSR count). The van der Waals surface area contributed by atoms with E-state index >= 15 is 0 Å². The van der Waals surface area contributed by atoms with Gasteiger partial charge in [-0.25, -0.2) is 4.79 Å². The lowest BCUT2D eigenvalue weighted by atomic mass is 9.84. The van der Waals surface area contributed by atoms with Crippen molar-refractivity contribution in [2.75, 3.05) is 0 Å². The lowest BCUT2D eigenvalue weighted by molar-refractivity contribution is -0.177. The average molecular weight is 412 g/mol. The smallest absolute Gasteiger partial charge is 0.357 e. The minimum atomic E-state index is -1.11. The van der Waals surface area contributed by atoms with Crippen LogP contribution in [0.25, 0.3) is 11.0 Å². The first-order valence-corrected chi connectivity index (χ1v) is 10.2. The van der Waals surface area contributed by atoms with Gasteiger partial charge >= 0.3 is 5.97 Å². The van der Waals surface area contributed by atoms with Gasteiger partial charge in [0.25, 0.3) is 0 Å². The Morgan fingerprint density at radius 3 is 2.60 bits per heavy atom. The van der Waals surface area contributed by atoms with Crippen molar-refractivity contribution in [3.63, 3.8) is 0 Å². The van der Waals surface area contributed by atoms with Gasteiger partial charge in [-0.1, -0.05) is 0 Å². The van der Waals surface area contributed by atoms with Crippen LogP contribution in [0.15, 0.2) is 22.6 Å². The molecule has 7 nitrogen and oxygen atoms in total. The van der Waals surface area contributed by atoms with Crippen LogP contribution in [0.1, 0.15) is 69.3 Å². The topological polar surface area (TPSA) is 102 Å². The molecule has 30 heavy (non-hydrogen) atoms. The predicted octanol–water partition coefficient (Wildman–Crippen LogP) is 4.07. The maximum Gasteiger partial charge on any atom is 0.357 e. The third-order valence-electron chi connectivity index (χ3n) is 5.32. The van der Waals surface area contributed by atoms with Gasteiger partial charge in [0.05, 0.1) is 17.7 Å². The molecule has 1 N–H and O–H groups in total. The molecule has 1 aliphatic rings. The van der Waals surface area contributed by atoms with E-state index in [1.54, 1.807) is 26.8 Å². The van der Waals surface area contributed by atoms with Crippen molar-refractivity contribution in [3.8, 4) is 6.07 Å². The number of nitriles is 1. The maximum atomic E-state index is 12.3. The zero-order valence-electron chi connectivity index (χ0n) is 17.9. The van der Waals surface area contributed by atoms with Crippen LogP contribution in [0.4, 0.5) is 0 Å². The van der Waals surface area contributed by atoms with Crippen molar-refractivity contribution in [1.82, 2.24) is 5.32 Å². The Kier molecular flexibility index (Phi) is 6.47. The fourth-order valence-corrected chi connectivity index (χ4v) is 3.93. The highest BCUT2D eigenvalue weighted by atomic mass is 16.6. The fraction of sp³-hybridized carbons (Fsp3) is 0.522. The van der Waals surface area contributed by atoms with E-state index < -0.39 is 17.8 Å². The molecular weight excluding hydrogens is 384 g/mol. The molecule has 0 saturated heterocycles. The van der Waals surface area contributed by atoms with Crippen molar-refractivity contribution >= 4 is 23.3 Å². The summed E-state index contributed by atoms with van der Waals surface area (Å²) in [5.74, 6) is 0.605. The summed E-state index contributed by atoms with van der Waals surface area (Å²) in [6, 6.07) is 7.63. The second-order valence-corrected chi connectivity index (χ2v) is 8.72. The summed E-state index contributed by atoms with van der Waals surface area (Å²) >= 11 is 0. The highest BCUT2D eigenvalue weighted by Gasteiger charge is 2.32. The van der Waals surface area contributed by atoms with Crippen LogP contribution >= 0.6 is 0 Å². The fourth-order valence-electron chi connectivity index (χ4n) is 3.93. The first-order chi connectivity index (χ1) is 14.2. The lowest BCUT2D eigenvalue weighted by Gasteiger charge is -2.31. The number of nitrogens with one attached hydrogen (secondary N) is 1. The van der Waals surface area contributed by atoms with Gasteiger partial charge in [-0.15, -0.1) is 0 Å². The molecule has 2 aromatic rings. The summed E-state index contributed by atoms with van der Waals surface area (Å²) in [4.78, 5) is 23.2. The van der Waals surface area contributed by atoms with Crippen molar-refractivity contribution in [3.05, 3.63) is 35.1 Å². The van der Waals surface area contributed by atoms with E-state index in [1.807, 2.05) is 19.1 Å². The summed E-state index contributed by atoms with van der Waals surface area (Å²) in [6.45, 7) is 7.33. The van der Waals surface area contributed by atoms with Crippen LogP contribution in [0.5, 0.6) is 0 Å². The number of aryl methyl sites for hydroxylation is 1. The Morgan fingerprint density at radius 1 is 1.30 bits per heavy atom. The standard InChI is InChI=1S/C23H28N2O5/c1-14-18-11-15(12-24)5-10-19(18)29-20(14)16-6-8-17(9-7-16)28-21(25-13-26)22(27)30-23(2,3)4/h5,10-11,13,16-17,21H,6-9H2,1-4H3,(H,25,26). The Labute approximate surface area is 176 Å². The van der Waals surface area contributed by atoms with E-state index in [0.29, 0.717) is 12.0 Å². The van der Waals surface area contributed by atoms with E-state index in [4.69, 9.17) is 19.2 Å². The van der Waals surface area contributed by atoms with Gasteiger partial charge in [-0.05, 0) is 77.1 Å². The second kappa shape index (κ2) is 8.88. The van der Waals surface area contributed by atoms with Gasteiger partial charge < -0.3 is 19.2 Å². The lowest BCUT2D eigenvalue weighted by Crippen LogP contribution is -2.45. The molecule has 1 atom stereocenters. The highest BCUT2D eigenvalue weighted by molar-refractivity contribution is 5.83. The number of carbonyl (C=O) groups excluding carboxylic acids is 2. The van der Waals surface area contributed by atoms with Crippen molar-refractivity contribution < 1.29 is 23.5 Å². The molecule has 1 amide bonds. The normalized spacial score (nSPS) is 20.4. The van der Waals surface area contributed by atoms with Crippen LogP contribution in [0.2, 0.25) is 0 Å².